The SMILES string of the molecule is CCC(C)(C)Oc1ccc2ccc(C(C)(C)CC)cc2c1. The molecule has 2 rings (SSSR count). The molecule has 0 unspecified atom stereocenters. The second-order valence-electron chi connectivity index (χ2n) is 7.18. The average Bonchev–Trinajstić information content (AvgIpc) is 2.46. The molecule has 114 valence electrons. The van der Waals surface area contributed by atoms with Gasteiger partial charge in [0, 0.05) is 0 Å². The molecule has 0 bridgehead atoms. The Hall–Kier alpha value is -1.50. The zero-order valence-corrected chi connectivity index (χ0v) is 14.3. The maximum atomic E-state index is 6.11. The predicted octanol–water partition coefficient (Wildman–Crippen LogP) is 6.09. The molecule has 2 aromatic rings. The van der Waals surface area contributed by atoms with Crippen LogP contribution in [0.2, 0.25) is 0 Å². The molecule has 2 aromatic carbocycles. The van der Waals surface area contributed by atoms with E-state index in [-0.39, 0.29) is 11.0 Å². The quantitative estimate of drug-likeness (QED) is 0.645. The summed E-state index contributed by atoms with van der Waals surface area (Å²) < 4.78 is 6.11. The Kier molecular flexibility index (Phi) is 4.32. The van der Waals surface area contributed by atoms with Gasteiger partial charge in [0.05, 0.1) is 0 Å². The second-order valence-corrected chi connectivity index (χ2v) is 7.18. The van der Waals surface area contributed by atoms with Crippen molar-refractivity contribution in [3.05, 3.63) is 42.0 Å². The fraction of sp³-hybridized carbons (Fsp3) is 0.500. The first-order valence-electron chi connectivity index (χ1n) is 8.01. The Morgan fingerprint density at radius 3 is 2.10 bits per heavy atom. The smallest absolute Gasteiger partial charge is 0.120 e. The molecule has 0 aromatic heterocycles. The van der Waals surface area contributed by atoms with E-state index in [4.69, 9.17) is 4.74 Å². The number of ether oxygens (including phenoxy) is 1. The van der Waals surface area contributed by atoms with Crippen molar-refractivity contribution in [1.82, 2.24) is 0 Å². The van der Waals surface area contributed by atoms with Crippen molar-refractivity contribution in [3.63, 3.8) is 0 Å². The molecular formula is C20H28O. The molecule has 0 spiro atoms. The molecule has 0 heterocycles. The van der Waals surface area contributed by atoms with Crippen molar-refractivity contribution in [3.8, 4) is 5.75 Å². The second kappa shape index (κ2) is 5.71. The third-order valence-corrected chi connectivity index (χ3v) is 4.72. The molecule has 0 radical (unpaired) electrons. The topological polar surface area (TPSA) is 9.23 Å². The van der Waals surface area contributed by atoms with Gasteiger partial charge in [0.25, 0.3) is 0 Å². The predicted molar refractivity (Wildman–Crippen MR) is 92.3 cm³/mol. The highest BCUT2D eigenvalue weighted by Crippen LogP contribution is 2.31. The van der Waals surface area contributed by atoms with Crippen molar-refractivity contribution in [2.24, 2.45) is 0 Å². The molecule has 0 aliphatic rings. The number of fused-ring (bicyclic) bond motifs is 1. The van der Waals surface area contributed by atoms with E-state index in [1.807, 2.05) is 0 Å². The zero-order valence-electron chi connectivity index (χ0n) is 14.3. The van der Waals surface area contributed by atoms with E-state index in [0.29, 0.717) is 0 Å². The molecular weight excluding hydrogens is 256 g/mol. The molecule has 1 heteroatoms. The number of rotatable bonds is 5. The maximum absolute atomic E-state index is 6.11. The van der Waals surface area contributed by atoms with Crippen LogP contribution < -0.4 is 4.74 Å². The number of hydrogen-bond donors (Lipinski definition) is 0. The lowest BCUT2D eigenvalue weighted by molar-refractivity contribution is 0.105. The van der Waals surface area contributed by atoms with E-state index in [1.54, 1.807) is 0 Å². The van der Waals surface area contributed by atoms with Crippen molar-refractivity contribution in [2.45, 2.75) is 65.4 Å². The van der Waals surface area contributed by atoms with Crippen LogP contribution in [-0.4, -0.2) is 5.60 Å². The molecule has 0 aliphatic heterocycles. The highest BCUT2D eigenvalue weighted by molar-refractivity contribution is 5.84. The summed E-state index contributed by atoms with van der Waals surface area (Å²) in [5.41, 5.74) is 1.49. The Morgan fingerprint density at radius 2 is 1.48 bits per heavy atom. The van der Waals surface area contributed by atoms with E-state index in [1.165, 1.54) is 16.3 Å². The van der Waals surface area contributed by atoms with Gasteiger partial charge in [-0.3, -0.25) is 0 Å². The van der Waals surface area contributed by atoms with Crippen LogP contribution in [0.15, 0.2) is 36.4 Å². The summed E-state index contributed by atoms with van der Waals surface area (Å²) in [5.74, 6) is 0.959. The molecule has 1 nitrogen and oxygen atoms in total. The van der Waals surface area contributed by atoms with Crippen LogP contribution in [0.3, 0.4) is 0 Å². The van der Waals surface area contributed by atoms with Gasteiger partial charge in [-0.05, 0) is 60.6 Å². The first-order valence-corrected chi connectivity index (χ1v) is 8.01. The maximum Gasteiger partial charge on any atom is 0.120 e. The Labute approximate surface area is 129 Å². The van der Waals surface area contributed by atoms with Crippen molar-refractivity contribution in [2.75, 3.05) is 0 Å². The van der Waals surface area contributed by atoms with Crippen LogP contribution in [-0.2, 0) is 5.41 Å². The number of benzene rings is 2. The Morgan fingerprint density at radius 1 is 0.810 bits per heavy atom. The van der Waals surface area contributed by atoms with Gasteiger partial charge in [0.15, 0.2) is 0 Å². The molecule has 0 saturated heterocycles. The van der Waals surface area contributed by atoms with E-state index in [0.717, 1.165) is 18.6 Å². The van der Waals surface area contributed by atoms with Gasteiger partial charge >= 0.3 is 0 Å². The molecule has 21 heavy (non-hydrogen) atoms. The minimum atomic E-state index is -0.117. The summed E-state index contributed by atoms with van der Waals surface area (Å²) in [7, 11) is 0. The molecule has 0 saturated carbocycles. The fourth-order valence-electron chi connectivity index (χ4n) is 2.30. The molecule has 0 atom stereocenters. The minimum absolute atomic E-state index is 0.117. The first-order chi connectivity index (χ1) is 9.77. The third-order valence-electron chi connectivity index (χ3n) is 4.72. The van der Waals surface area contributed by atoms with Crippen LogP contribution in [0.1, 0.15) is 59.9 Å². The average molecular weight is 284 g/mol. The van der Waals surface area contributed by atoms with Crippen LogP contribution in [0, 0.1) is 0 Å². The lowest BCUT2D eigenvalue weighted by Crippen LogP contribution is -2.26. The summed E-state index contributed by atoms with van der Waals surface area (Å²) in [6.07, 6.45) is 2.13. The summed E-state index contributed by atoms with van der Waals surface area (Å²) in [6.45, 7) is 13.3. The van der Waals surface area contributed by atoms with E-state index in [9.17, 15) is 0 Å². The van der Waals surface area contributed by atoms with Crippen molar-refractivity contribution in [1.29, 1.82) is 0 Å². The minimum Gasteiger partial charge on any atom is -0.488 e. The normalized spacial score (nSPS) is 12.7. The summed E-state index contributed by atoms with van der Waals surface area (Å²) >= 11 is 0. The van der Waals surface area contributed by atoms with Crippen LogP contribution in [0.25, 0.3) is 10.8 Å². The van der Waals surface area contributed by atoms with Crippen LogP contribution in [0.4, 0.5) is 0 Å². The van der Waals surface area contributed by atoms with E-state index in [2.05, 4.69) is 77.9 Å². The zero-order chi connectivity index (χ0) is 15.7. The van der Waals surface area contributed by atoms with Gasteiger partial charge in [-0.25, -0.2) is 0 Å². The lowest BCUT2D eigenvalue weighted by atomic mass is 9.81. The summed E-state index contributed by atoms with van der Waals surface area (Å²) in [4.78, 5) is 0. The van der Waals surface area contributed by atoms with Gasteiger partial charge in [-0.1, -0.05) is 52.0 Å². The fourth-order valence-corrected chi connectivity index (χ4v) is 2.30. The summed E-state index contributed by atoms with van der Waals surface area (Å²) in [6, 6.07) is 13.2. The van der Waals surface area contributed by atoms with E-state index >= 15 is 0 Å². The highest BCUT2D eigenvalue weighted by Gasteiger charge is 2.19. The molecule has 0 aliphatic carbocycles. The van der Waals surface area contributed by atoms with Gasteiger partial charge in [0.2, 0.25) is 0 Å². The highest BCUT2D eigenvalue weighted by atomic mass is 16.5. The van der Waals surface area contributed by atoms with Gasteiger partial charge in [-0.2, -0.15) is 0 Å². The molecule has 0 fully saturated rings. The Balaban J connectivity index is 2.41. The largest absolute Gasteiger partial charge is 0.488 e. The van der Waals surface area contributed by atoms with Gasteiger partial charge < -0.3 is 4.74 Å². The molecule has 0 N–H and O–H groups in total. The van der Waals surface area contributed by atoms with Crippen LogP contribution in [0.5, 0.6) is 5.75 Å². The Bertz CT molecular complexity index is 623. The lowest BCUT2D eigenvalue weighted by Gasteiger charge is -2.26. The summed E-state index contributed by atoms with van der Waals surface area (Å²) in [5, 5.41) is 2.53. The van der Waals surface area contributed by atoms with Crippen molar-refractivity contribution < 1.29 is 4.74 Å². The third kappa shape index (κ3) is 3.58. The standard InChI is InChI=1S/C20H28O/c1-7-19(3,4)17-11-9-15-10-12-18(14-16(15)13-17)21-20(5,6)8-2/h9-14H,7-8H2,1-6H3. The monoisotopic (exact) mass is 284 g/mol. The van der Waals surface area contributed by atoms with Gasteiger partial charge in [0.1, 0.15) is 11.4 Å². The van der Waals surface area contributed by atoms with E-state index < -0.39 is 0 Å². The first kappa shape index (κ1) is 15.9. The number of hydrogen-bond acceptors (Lipinski definition) is 1. The van der Waals surface area contributed by atoms with Crippen molar-refractivity contribution >= 4 is 10.8 Å². The molecule has 0 amide bonds. The van der Waals surface area contributed by atoms with Crippen LogP contribution >= 0.6 is 0 Å². The van der Waals surface area contributed by atoms with Gasteiger partial charge in [-0.15, -0.1) is 0 Å².